The summed E-state index contributed by atoms with van der Waals surface area (Å²) in [7, 11) is -5.17. The van der Waals surface area contributed by atoms with Crippen LogP contribution in [0, 0.1) is 0 Å². The predicted molar refractivity (Wildman–Crippen MR) is 65.1 cm³/mol. The number of rotatable bonds is 2. The summed E-state index contributed by atoms with van der Waals surface area (Å²) in [5.41, 5.74) is 2.99. The molecule has 1 aromatic rings. The van der Waals surface area contributed by atoms with Crippen molar-refractivity contribution in [3.8, 4) is 0 Å². The van der Waals surface area contributed by atoms with Gasteiger partial charge < -0.3 is 9.11 Å². The third kappa shape index (κ3) is 9.62. The molecule has 0 spiro atoms. The molecule has 0 saturated heterocycles. The van der Waals surface area contributed by atoms with Gasteiger partial charge in [0.2, 0.25) is 0 Å². The van der Waals surface area contributed by atoms with Crippen LogP contribution in [0.4, 0.5) is 0 Å². The van der Waals surface area contributed by atoms with Crippen LogP contribution in [-0.4, -0.2) is 17.5 Å². The molecule has 0 aliphatic rings. The fourth-order valence-corrected chi connectivity index (χ4v) is 1.56. The van der Waals surface area contributed by atoms with E-state index in [-0.39, 0.29) is 17.1 Å². The second-order valence-corrected chi connectivity index (χ2v) is 5.16. The Morgan fingerprint density at radius 3 is 1.28 bits per heavy atom. The van der Waals surface area contributed by atoms with Gasteiger partial charge in [0.1, 0.15) is 0 Å². The molecule has 0 bridgehead atoms. The van der Waals surface area contributed by atoms with Gasteiger partial charge in [-0.05, 0) is 23.0 Å². The van der Waals surface area contributed by atoms with E-state index >= 15 is 0 Å². The molecule has 1 rings (SSSR count). The Hall–Kier alpha value is -0.391. The molecule has 0 heterocycles. The van der Waals surface area contributed by atoms with Gasteiger partial charge in [0.25, 0.3) is 0 Å². The van der Waals surface area contributed by atoms with E-state index in [4.69, 9.17) is 17.5 Å². The monoisotopic (exact) mass is 314 g/mol. The van der Waals surface area contributed by atoms with Crippen LogP contribution in [0.15, 0.2) is 24.3 Å². The SMILES string of the molecule is CC(C)c1ccccc1C(C)C.O=S(=O)([O-])[O-].[Fe+2]. The van der Waals surface area contributed by atoms with Gasteiger partial charge in [0.15, 0.2) is 0 Å². The molecule has 0 aliphatic carbocycles. The molecule has 0 fully saturated rings. The van der Waals surface area contributed by atoms with E-state index in [1.807, 2.05) is 0 Å². The smallest absolute Gasteiger partial charge is 0.759 e. The van der Waals surface area contributed by atoms with Crippen molar-refractivity contribution in [3.05, 3.63) is 35.4 Å². The zero-order valence-electron chi connectivity index (χ0n) is 10.9. The topological polar surface area (TPSA) is 80.3 Å². The average molecular weight is 314 g/mol. The normalized spacial score (nSPS) is 10.7. The fourth-order valence-electron chi connectivity index (χ4n) is 1.56. The Labute approximate surface area is 120 Å². The summed E-state index contributed by atoms with van der Waals surface area (Å²) in [5.74, 6) is 1.28. The fraction of sp³-hybridized carbons (Fsp3) is 0.500. The van der Waals surface area contributed by atoms with Crippen LogP contribution in [0.1, 0.15) is 50.7 Å². The minimum absolute atomic E-state index is 0. The van der Waals surface area contributed by atoms with Crippen molar-refractivity contribution in [2.75, 3.05) is 0 Å². The van der Waals surface area contributed by atoms with Gasteiger partial charge >= 0.3 is 17.1 Å². The van der Waals surface area contributed by atoms with E-state index < -0.39 is 10.4 Å². The Morgan fingerprint density at radius 2 is 1.11 bits per heavy atom. The zero-order chi connectivity index (χ0) is 13.6. The molecule has 104 valence electrons. The Morgan fingerprint density at radius 1 is 0.889 bits per heavy atom. The van der Waals surface area contributed by atoms with E-state index in [9.17, 15) is 0 Å². The molecule has 0 aliphatic heterocycles. The van der Waals surface area contributed by atoms with Crippen LogP contribution < -0.4 is 0 Å². The van der Waals surface area contributed by atoms with E-state index in [2.05, 4.69) is 52.0 Å². The first kappa shape index (κ1) is 19.9. The summed E-state index contributed by atoms with van der Waals surface area (Å²) in [4.78, 5) is 0. The first-order valence-corrected chi connectivity index (χ1v) is 6.71. The standard InChI is InChI=1S/C12H18.Fe.H2O4S/c1-9(2)11-7-5-6-8-12(11)10(3)4;;1-5(2,3)4/h5-10H,1-4H3;;(H2,1,2,3,4)/q;+2;/p-2. The summed E-state index contributed by atoms with van der Waals surface area (Å²) in [5, 5.41) is 0. The van der Waals surface area contributed by atoms with E-state index in [0.717, 1.165) is 0 Å². The molecular formula is C12H18FeO4S. The Balaban J connectivity index is 0. The van der Waals surface area contributed by atoms with Crippen LogP contribution in [0.25, 0.3) is 0 Å². The molecule has 1 aromatic carbocycles. The van der Waals surface area contributed by atoms with Crippen LogP contribution in [0.2, 0.25) is 0 Å². The van der Waals surface area contributed by atoms with Crippen molar-refractivity contribution in [3.63, 3.8) is 0 Å². The summed E-state index contributed by atoms with van der Waals surface area (Å²) in [6.45, 7) is 9.00. The van der Waals surface area contributed by atoms with Crippen molar-refractivity contribution in [2.45, 2.75) is 39.5 Å². The molecule has 0 N–H and O–H groups in total. The number of hydrogen-bond acceptors (Lipinski definition) is 4. The quantitative estimate of drug-likeness (QED) is 0.477. The second kappa shape index (κ2) is 8.67. The molecule has 0 aromatic heterocycles. The van der Waals surface area contributed by atoms with Gasteiger partial charge in [-0.15, -0.1) is 0 Å². The summed E-state index contributed by atoms with van der Waals surface area (Å²) >= 11 is 0. The van der Waals surface area contributed by atoms with Crippen LogP contribution in [-0.2, 0) is 27.5 Å². The average Bonchev–Trinajstić information content (AvgIpc) is 2.15. The van der Waals surface area contributed by atoms with Gasteiger partial charge in [-0.2, -0.15) is 0 Å². The van der Waals surface area contributed by atoms with Crippen molar-refractivity contribution < 1.29 is 34.6 Å². The van der Waals surface area contributed by atoms with E-state index in [1.165, 1.54) is 11.1 Å². The Bertz CT molecular complexity index is 406. The van der Waals surface area contributed by atoms with Crippen molar-refractivity contribution >= 4 is 10.4 Å². The summed E-state index contributed by atoms with van der Waals surface area (Å²) < 4.78 is 34.1. The van der Waals surface area contributed by atoms with Gasteiger partial charge in [0, 0.05) is 10.4 Å². The third-order valence-electron chi connectivity index (χ3n) is 2.24. The van der Waals surface area contributed by atoms with Crippen molar-refractivity contribution in [1.82, 2.24) is 0 Å². The summed E-state index contributed by atoms with van der Waals surface area (Å²) in [6.07, 6.45) is 0. The maximum Gasteiger partial charge on any atom is 2.00 e. The van der Waals surface area contributed by atoms with Crippen LogP contribution in [0.5, 0.6) is 0 Å². The first-order valence-electron chi connectivity index (χ1n) is 5.38. The van der Waals surface area contributed by atoms with Gasteiger partial charge in [-0.3, -0.25) is 8.42 Å². The molecule has 0 radical (unpaired) electrons. The molecule has 18 heavy (non-hydrogen) atoms. The third-order valence-corrected chi connectivity index (χ3v) is 2.24. The molecule has 6 heteroatoms. The van der Waals surface area contributed by atoms with E-state index in [0.29, 0.717) is 11.8 Å². The number of benzene rings is 1. The molecule has 0 amide bonds. The first-order chi connectivity index (χ1) is 7.63. The minimum Gasteiger partial charge on any atom is -0.759 e. The Kier molecular flexibility index (Phi) is 9.60. The van der Waals surface area contributed by atoms with Gasteiger partial charge in [-0.1, -0.05) is 52.0 Å². The molecule has 4 nitrogen and oxygen atoms in total. The van der Waals surface area contributed by atoms with Crippen LogP contribution in [0.3, 0.4) is 0 Å². The molecule has 0 atom stereocenters. The second-order valence-electron chi connectivity index (χ2n) is 4.35. The summed E-state index contributed by atoms with van der Waals surface area (Å²) in [6, 6.07) is 8.72. The minimum atomic E-state index is -5.17. The van der Waals surface area contributed by atoms with E-state index in [1.54, 1.807) is 0 Å². The predicted octanol–water partition coefficient (Wildman–Crippen LogP) is 2.59. The van der Waals surface area contributed by atoms with Crippen molar-refractivity contribution in [1.29, 1.82) is 0 Å². The largest absolute Gasteiger partial charge is 2.00 e. The maximum absolute atomic E-state index is 8.52. The van der Waals surface area contributed by atoms with Gasteiger partial charge in [0.05, 0.1) is 0 Å². The molecular weight excluding hydrogens is 296 g/mol. The maximum atomic E-state index is 8.52. The zero-order valence-corrected chi connectivity index (χ0v) is 12.8. The number of hydrogen-bond donors (Lipinski definition) is 0. The van der Waals surface area contributed by atoms with Gasteiger partial charge in [-0.25, -0.2) is 0 Å². The van der Waals surface area contributed by atoms with Crippen molar-refractivity contribution in [2.24, 2.45) is 0 Å². The van der Waals surface area contributed by atoms with Crippen LogP contribution >= 0.6 is 0 Å². The molecule has 0 saturated carbocycles. The molecule has 0 unspecified atom stereocenters.